The van der Waals surface area contributed by atoms with Gasteiger partial charge in [0.1, 0.15) is 13.1 Å². The van der Waals surface area contributed by atoms with Gasteiger partial charge >= 0.3 is 0 Å². The highest BCUT2D eigenvalue weighted by atomic mass is 79.9. The summed E-state index contributed by atoms with van der Waals surface area (Å²) in [4.78, 5) is 24.9. The zero-order valence-corrected chi connectivity index (χ0v) is 23.1. The van der Waals surface area contributed by atoms with Crippen molar-refractivity contribution in [3.63, 3.8) is 0 Å². The van der Waals surface area contributed by atoms with E-state index >= 15 is 0 Å². The van der Waals surface area contributed by atoms with Gasteiger partial charge in [-0.2, -0.15) is 0 Å². The van der Waals surface area contributed by atoms with Gasteiger partial charge in [0.15, 0.2) is 0 Å². The number of rotatable bonds is 13. The van der Waals surface area contributed by atoms with Crippen molar-refractivity contribution in [3.8, 4) is 0 Å². The highest BCUT2D eigenvalue weighted by Crippen LogP contribution is 2.11. The van der Waals surface area contributed by atoms with Crippen LogP contribution in [-0.4, -0.2) is 74.9 Å². The number of carbonyl (C=O) groups excluding carboxylic acids is 2. The highest BCUT2D eigenvalue weighted by Gasteiger charge is 2.22. The second kappa shape index (κ2) is 14.7. The molecule has 0 aliphatic rings. The maximum absolute atomic E-state index is 12.5. The van der Waals surface area contributed by atoms with Crippen molar-refractivity contribution in [1.29, 1.82) is 0 Å². The van der Waals surface area contributed by atoms with Gasteiger partial charge in [-0.1, -0.05) is 60.7 Å². The number of halogens is 2. The first kappa shape index (κ1) is 30.7. The first-order valence-electron chi connectivity index (χ1n) is 11.0. The molecule has 0 heterocycles. The second-order valence-electron chi connectivity index (χ2n) is 9.63. The Hall–Kier alpha value is -1.34. The van der Waals surface area contributed by atoms with Crippen LogP contribution >= 0.6 is 0 Å². The van der Waals surface area contributed by atoms with Crippen LogP contribution in [0.15, 0.2) is 60.7 Å². The van der Waals surface area contributed by atoms with Crippen molar-refractivity contribution in [2.75, 3.05) is 54.4 Å². The van der Waals surface area contributed by atoms with Crippen LogP contribution in [0.25, 0.3) is 0 Å². The van der Waals surface area contributed by atoms with Gasteiger partial charge in [0, 0.05) is 11.1 Å². The molecule has 6 heteroatoms. The fraction of sp³-hybridized carbons (Fsp3) is 0.462. The number of quaternary nitrogens is 2. The summed E-state index contributed by atoms with van der Waals surface area (Å²) in [5, 5.41) is 0. The van der Waals surface area contributed by atoms with Crippen LogP contribution in [0.4, 0.5) is 0 Å². The van der Waals surface area contributed by atoms with E-state index in [-0.39, 0.29) is 45.5 Å². The molecule has 32 heavy (non-hydrogen) atoms. The molecule has 2 rings (SSSR count). The van der Waals surface area contributed by atoms with Gasteiger partial charge in [-0.25, -0.2) is 0 Å². The Morgan fingerprint density at radius 2 is 0.875 bits per heavy atom. The number of ketones is 2. The van der Waals surface area contributed by atoms with Crippen molar-refractivity contribution in [2.45, 2.75) is 25.7 Å². The number of carbonyl (C=O) groups is 2. The number of hydrogen-bond acceptors (Lipinski definition) is 2. The van der Waals surface area contributed by atoms with E-state index in [1.54, 1.807) is 0 Å². The molecule has 2 aromatic rings. The largest absolute Gasteiger partial charge is 1.00 e. The maximum Gasteiger partial charge on any atom is 0.216 e. The Balaban J connectivity index is 0.00000480. The monoisotopic (exact) mass is 568 g/mol. The molecule has 0 saturated carbocycles. The molecular formula is C26H38Br2N2O2. The molecule has 4 nitrogen and oxygen atoms in total. The standard InChI is InChI=1S/C26H38N2O2.2BrH/c1-27(2,21-25(29)23-15-9-7-10-16-23)19-13-5-6-14-20-28(3,4)22-26(30)24-17-11-8-12-18-24;;/h7-12,15-18H,5-6,13-14,19-22H2,1-4H3;2*1H/q+2;;/p-2. The molecule has 0 saturated heterocycles. The summed E-state index contributed by atoms with van der Waals surface area (Å²) in [7, 11) is 8.54. The zero-order chi connectivity index (χ0) is 22.0. The smallest absolute Gasteiger partial charge is 0.216 e. The van der Waals surface area contributed by atoms with E-state index in [0.29, 0.717) is 13.1 Å². The predicted molar refractivity (Wildman–Crippen MR) is 124 cm³/mol. The highest BCUT2D eigenvalue weighted by molar-refractivity contribution is 5.97. The lowest BCUT2D eigenvalue weighted by Gasteiger charge is -2.30. The molecule has 0 aliphatic heterocycles. The van der Waals surface area contributed by atoms with Crippen molar-refractivity contribution in [3.05, 3.63) is 71.8 Å². The van der Waals surface area contributed by atoms with Crippen molar-refractivity contribution >= 4 is 11.6 Å². The van der Waals surface area contributed by atoms with Gasteiger partial charge in [-0.15, -0.1) is 0 Å². The number of unbranched alkanes of at least 4 members (excludes halogenated alkanes) is 3. The molecular weight excluding hydrogens is 532 g/mol. The summed E-state index contributed by atoms with van der Waals surface area (Å²) in [6.07, 6.45) is 4.55. The molecule has 0 fully saturated rings. The van der Waals surface area contributed by atoms with Crippen LogP contribution in [0, 0.1) is 0 Å². The average molecular weight is 570 g/mol. The van der Waals surface area contributed by atoms with Crippen LogP contribution in [-0.2, 0) is 0 Å². The van der Waals surface area contributed by atoms with E-state index in [1.807, 2.05) is 60.7 Å². The summed E-state index contributed by atoms with van der Waals surface area (Å²) in [5.41, 5.74) is 1.60. The van der Waals surface area contributed by atoms with E-state index < -0.39 is 0 Å². The summed E-state index contributed by atoms with van der Waals surface area (Å²) in [5.74, 6) is 0.422. The predicted octanol–water partition coefficient (Wildman–Crippen LogP) is -1.53. The van der Waals surface area contributed by atoms with Gasteiger partial charge in [-0.05, 0) is 25.7 Å². The van der Waals surface area contributed by atoms with Gasteiger partial charge < -0.3 is 42.9 Å². The molecule has 0 spiro atoms. The molecule has 0 amide bonds. The van der Waals surface area contributed by atoms with Gasteiger partial charge in [0.05, 0.1) is 41.3 Å². The molecule has 178 valence electrons. The van der Waals surface area contributed by atoms with E-state index in [4.69, 9.17) is 0 Å². The summed E-state index contributed by atoms with van der Waals surface area (Å²) < 4.78 is 1.45. The Morgan fingerprint density at radius 3 is 1.19 bits per heavy atom. The fourth-order valence-electron chi connectivity index (χ4n) is 3.80. The van der Waals surface area contributed by atoms with Gasteiger partial charge in [0.25, 0.3) is 0 Å². The van der Waals surface area contributed by atoms with E-state index in [9.17, 15) is 9.59 Å². The first-order valence-corrected chi connectivity index (χ1v) is 11.0. The summed E-state index contributed by atoms with van der Waals surface area (Å²) >= 11 is 0. The molecule has 0 aromatic heterocycles. The quantitative estimate of drug-likeness (QED) is 0.167. The Kier molecular flexibility index (Phi) is 14.1. The molecule has 0 aliphatic carbocycles. The lowest BCUT2D eigenvalue weighted by molar-refractivity contribution is -0.882. The van der Waals surface area contributed by atoms with Crippen LogP contribution in [0.3, 0.4) is 0 Å². The van der Waals surface area contributed by atoms with Crippen molar-refractivity contribution in [2.24, 2.45) is 0 Å². The summed E-state index contributed by atoms with van der Waals surface area (Å²) in [6.45, 7) is 3.08. The maximum atomic E-state index is 12.5. The van der Waals surface area contributed by atoms with E-state index in [1.165, 1.54) is 0 Å². The van der Waals surface area contributed by atoms with Crippen LogP contribution in [0.2, 0.25) is 0 Å². The molecule has 0 atom stereocenters. The zero-order valence-electron chi connectivity index (χ0n) is 19.9. The molecule has 0 unspecified atom stereocenters. The van der Waals surface area contributed by atoms with Crippen molar-refractivity contribution in [1.82, 2.24) is 0 Å². The lowest BCUT2D eigenvalue weighted by Crippen LogP contribution is -3.00. The second-order valence-corrected chi connectivity index (χ2v) is 9.63. The molecule has 0 radical (unpaired) electrons. The number of benzene rings is 2. The minimum absolute atomic E-state index is 0. The third kappa shape index (κ3) is 11.5. The number of hydrogen-bond donors (Lipinski definition) is 0. The third-order valence-electron chi connectivity index (χ3n) is 5.61. The molecule has 2 aromatic carbocycles. The fourth-order valence-corrected chi connectivity index (χ4v) is 3.80. The minimum Gasteiger partial charge on any atom is -1.00 e. The molecule has 0 bridgehead atoms. The SMILES string of the molecule is C[N+](C)(CCCCCC[N+](C)(C)CC(=O)c1ccccc1)CC(=O)c1ccccc1.[Br-].[Br-]. The number of likely N-dealkylation sites (N-methyl/N-ethyl adjacent to an activating group) is 2. The van der Waals surface area contributed by atoms with Crippen molar-refractivity contribution < 1.29 is 52.5 Å². The Bertz CT molecular complexity index is 740. The van der Waals surface area contributed by atoms with Gasteiger partial charge in [-0.3, -0.25) is 9.59 Å². The normalized spacial score (nSPS) is 11.2. The topological polar surface area (TPSA) is 34.1 Å². The Labute approximate surface area is 215 Å². The van der Waals surface area contributed by atoms with Crippen LogP contribution in [0.1, 0.15) is 46.4 Å². The summed E-state index contributed by atoms with van der Waals surface area (Å²) in [6, 6.07) is 19.1. The van der Waals surface area contributed by atoms with E-state index in [2.05, 4.69) is 28.2 Å². The van der Waals surface area contributed by atoms with E-state index in [0.717, 1.165) is 58.9 Å². The van der Waals surface area contributed by atoms with Crippen LogP contribution < -0.4 is 34.0 Å². The van der Waals surface area contributed by atoms with Gasteiger partial charge in [0.2, 0.25) is 11.6 Å². The van der Waals surface area contributed by atoms with Crippen LogP contribution in [0.5, 0.6) is 0 Å². The average Bonchev–Trinajstić information content (AvgIpc) is 2.71. The third-order valence-corrected chi connectivity index (χ3v) is 5.61. The number of Topliss-reactive ketones (excluding diaryl/α,β-unsaturated/α-hetero) is 2. The lowest BCUT2D eigenvalue weighted by atomic mass is 10.1. The molecule has 0 N–H and O–H groups in total. The first-order chi connectivity index (χ1) is 14.2. The minimum atomic E-state index is 0. The number of nitrogens with zero attached hydrogens (tertiary/aromatic N) is 2. The Morgan fingerprint density at radius 1 is 0.562 bits per heavy atom.